The van der Waals surface area contributed by atoms with Crippen LogP contribution >= 0.6 is 11.3 Å². The number of thiazole rings is 1. The lowest BCUT2D eigenvalue weighted by molar-refractivity contribution is -0.147. The Hall–Kier alpha value is -3.87. The molecule has 1 heterocycles. The maximum absolute atomic E-state index is 14.0. The van der Waals surface area contributed by atoms with Gasteiger partial charge >= 0.3 is 17.9 Å². The number of aryl methyl sites for hydroxylation is 1. The Labute approximate surface area is 184 Å². The topological polar surface area (TPSA) is 193 Å². The van der Waals surface area contributed by atoms with Crippen LogP contribution in [0.25, 0.3) is 0 Å². The molecule has 0 radical (unpaired) electrons. The van der Waals surface area contributed by atoms with Crippen molar-refractivity contribution < 1.29 is 38.5 Å². The summed E-state index contributed by atoms with van der Waals surface area (Å²) in [6.07, 6.45) is 1.00. The molecule has 0 unspecified atom stereocenters. The Bertz CT molecular complexity index is 1060. The molecule has 2 rings (SSSR count). The average molecular weight is 466 g/mol. The summed E-state index contributed by atoms with van der Waals surface area (Å²) >= 11 is 0.987. The number of rotatable bonds is 11. The number of carbonyl (C=O) groups is 4. The van der Waals surface area contributed by atoms with E-state index in [9.17, 15) is 23.6 Å². The first-order valence-corrected chi connectivity index (χ1v) is 9.93. The third-order valence-corrected chi connectivity index (χ3v) is 5.04. The van der Waals surface area contributed by atoms with Crippen molar-refractivity contribution in [3.63, 3.8) is 0 Å². The van der Waals surface area contributed by atoms with Crippen LogP contribution in [0.2, 0.25) is 0 Å². The molecule has 11 nitrogen and oxygen atoms in total. The highest BCUT2D eigenvalue weighted by Crippen LogP contribution is 2.22. The van der Waals surface area contributed by atoms with Crippen LogP contribution in [0.5, 0.6) is 5.75 Å². The molecule has 0 aliphatic heterocycles. The van der Waals surface area contributed by atoms with E-state index < -0.39 is 42.1 Å². The Balaban J connectivity index is 1.86. The van der Waals surface area contributed by atoms with Crippen molar-refractivity contribution in [2.24, 2.45) is 5.73 Å². The van der Waals surface area contributed by atoms with Crippen LogP contribution in [-0.4, -0.2) is 50.9 Å². The molecule has 0 saturated carbocycles. The number of hydrogen-bond acceptors (Lipinski definition) is 8. The Kier molecular flexibility index (Phi) is 8.35. The first kappa shape index (κ1) is 24.4. The van der Waals surface area contributed by atoms with Gasteiger partial charge in [0.15, 0.2) is 11.6 Å². The predicted molar refractivity (Wildman–Crippen MR) is 109 cm³/mol. The van der Waals surface area contributed by atoms with Gasteiger partial charge in [0.25, 0.3) is 0 Å². The zero-order valence-electron chi connectivity index (χ0n) is 16.5. The van der Waals surface area contributed by atoms with Crippen molar-refractivity contribution in [2.45, 2.75) is 31.7 Å². The summed E-state index contributed by atoms with van der Waals surface area (Å²) in [5.74, 6) is -5.78. The quantitative estimate of drug-likeness (QED) is 0.140. The van der Waals surface area contributed by atoms with Gasteiger partial charge in [-0.05, 0) is 31.0 Å². The van der Waals surface area contributed by atoms with Gasteiger partial charge < -0.3 is 26.0 Å². The highest BCUT2D eigenvalue weighted by molar-refractivity contribution is 7.13. The van der Waals surface area contributed by atoms with Crippen LogP contribution in [-0.2, 0) is 20.8 Å². The van der Waals surface area contributed by atoms with E-state index in [1.807, 2.05) is 0 Å². The fourth-order valence-corrected chi connectivity index (χ4v) is 3.30. The van der Waals surface area contributed by atoms with Crippen molar-refractivity contribution >= 4 is 41.0 Å². The van der Waals surface area contributed by atoms with E-state index >= 15 is 0 Å². The number of benzene rings is 1. The second-order valence-electron chi connectivity index (χ2n) is 6.48. The first-order valence-electron chi connectivity index (χ1n) is 9.11. The summed E-state index contributed by atoms with van der Waals surface area (Å²) in [4.78, 5) is 49.8. The highest BCUT2D eigenvalue weighted by Gasteiger charge is 2.23. The van der Waals surface area contributed by atoms with E-state index in [1.165, 1.54) is 18.3 Å². The molecule has 0 saturated heterocycles. The standard InChI is InChI=1S/C19H19FN4O7S/c20-10-6-9(17(21)22)4-5-12(10)31-19(30)13-8-23-15(32-13)3-1-2-14(25)24-11(18(28)29)7-16(26)27/h4-6,8,11H,1-3,7H2,(H3,21,22)(H,24,25)(H,26,27)(H,28,29)/t11-/m0/s1. The SMILES string of the molecule is N=C(N)c1ccc(OC(=O)c2cnc(CCCC(=O)N[C@@H](CC(=O)O)C(=O)O)s2)c(F)c1. The van der Waals surface area contributed by atoms with Gasteiger partial charge in [-0.15, -0.1) is 11.3 Å². The van der Waals surface area contributed by atoms with Gasteiger partial charge in [0.1, 0.15) is 16.8 Å². The van der Waals surface area contributed by atoms with Crippen molar-refractivity contribution in [1.82, 2.24) is 10.3 Å². The zero-order chi connectivity index (χ0) is 23.8. The van der Waals surface area contributed by atoms with Gasteiger partial charge in [0.2, 0.25) is 5.91 Å². The minimum atomic E-state index is -1.52. The fourth-order valence-electron chi connectivity index (χ4n) is 2.46. The minimum absolute atomic E-state index is 0.0729. The molecule has 6 N–H and O–H groups in total. The van der Waals surface area contributed by atoms with E-state index in [4.69, 9.17) is 26.1 Å². The molecule has 13 heteroatoms. The molecule has 1 aromatic carbocycles. The lowest BCUT2D eigenvalue weighted by Crippen LogP contribution is -2.42. The smallest absolute Gasteiger partial charge is 0.355 e. The van der Waals surface area contributed by atoms with Crippen LogP contribution < -0.4 is 15.8 Å². The monoisotopic (exact) mass is 466 g/mol. The fraction of sp³-hybridized carbons (Fsp3) is 0.263. The molecule has 0 spiro atoms. The maximum Gasteiger partial charge on any atom is 0.355 e. The van der Waals surface area contributed by atoms with Crippen LogP contribution in [0, 0.1) is 11.2 Å². The highest BCUT2D eigenvalue weighted by atomic mass is 32.1. The van der Waals surface area contributed by atoms with E-state index in [0.29, 0.717) is 11.4 Å². The Morgan fingerprint density at radius 1 is 1.28 bits per heavy atom. The lowest BCUT2D eigenvalue weighted by atomic mass is 10.2. The average Bonchev–Trinajstić information content (AvgIpc) is 3.17. The summed E-state index contributed by atoms with van der Waals surface area (Å²) in [5, 5.41) is 27.5. The number of halogens is 1. The van der Waals surface area contributed by atoms with E-state index in [1.54, 1.807) is 0 Å². The number of amidine groups is 1. The molecule has 0 aliphatic carbocycles. The van der Waals surface area contributed by atoms with E-state index in [2.05, 4.69) is 10.3 Å². The summed E-state index contributed by atoms with van der Waals surface area (Å²) in [7, 11) is 0. The van der Waals surface area contributed by atoms with Gasteiger partial charge in [0, 0.05) is 12.0 Å². The van der Waals surface area contributed by atoms with Crippen molar-refractivity contribution in [1.29, 1.82) is 5.41 Å². The van der Waals surface area contributed by atoms with Crippen molar-refractivity contribution in [2.75, 3.05) is 0 Å². The Morgan fingerprint density at radius 2 is 2.00 bits per heavy atom. The number of amides is 1. The van der Waals surface area contributed by atoms with Gasteiger partial charge in [0.05, 0.1) is 17.6 Å². The molecule has 0 bridgehead atoms. The van der Waals surface area contributed by atoms with Crippen LogP contribution in [0.15, 0.2) is 24.4 Å². The number of aromatic nitrogens is 1. The number of carboxylic acids is 2. The summed E-state index contributed by atoms with van der Waals surface area (Å²) in [6.45, 7) is 0. The predicted octanol–water partition coefficient (Wildman–Crippen LogP) is 1.15. The molecule has 0 fully saturated rings. The molecule has 1 aromatic heterocycles. The molecule has 1 amide bonds. The normalized spacial score (nSPS) is 11.4. The Morgan fingerprint density at radius 3 is 2.59 bits per heavy atom. The molecule has 1 atom stereocenters. The second kappa shape index (κ2) is 10.9. The molecular formula is C19H19FN4O7S. The number of nitrogens with zero attached hydrogens (tertiary/aromatic N) is 1. The van der Waals surface area contributed by atoms with Gasteiger partial charge in [-0.25, -0.2) is 19.0 Å². The number of hydrogen-bond donors (Lipinski definition) is 5. The van der Waals surface area contributed by atoms with Gasteiger partial charge in [-0.1, -0.05) is 0 Å². The van der Waals surface area contributed by atoms with Crippen molar-refractivity contribution in [3.8, 4) is 5.75 Å². The van der Waals surface area contributed by atoms with Crippen LogP contribution in [0.3, 0.4) is 0 Å². The number of aliphatic carboxylic acids is 2. The van der Waals surface area contributed by atoms with Crippen LogP contribution in [0.4, 0.5) is 4.39 Å². The summed E-state index contributed by atoms with van der Waals surface area (Å²) in [5.41, 5.74) is 5.41. The first-order chi connectivity index (χ1) is 15.1. The third kappa shape index (κ3) is 7.12. The number of carboxylic acid groups (broad SMARTS) is 2. The number of esters is 1. The molecule has 170 valence electrons. The third-order valence-electron chi connectivity index (χ3n) is 4.01. The van der Waals surface area contributed by atoms with Crippen LogP contribution in [0.1, 0.15) is 39.5 Å². The summed E-state index contributed by atoms with van der Waals surface area (Å²) in [6, 6.07) is 1.97. The number of ether oxygens (including phenoxy) is 1. The number of nitrogens with two attached hydrogens (primary N) is 1. The van der Waals surface area contributed by atoms with Gasteiger partial charge in [-0.3, -0.25) is 15.0 Å². The maximum atomic E-state index is 14.0. The summed E-state index contributed by atoms with van der Waals surface area (Å²) < 4.78 is 19.0. The largest absolute Gasteiger partial charge is 0.481 e. The van der Waals surface area contributed by atoms with E-state index in [-0.39, 0.29) is 34.9 Å². The van der Waals surface area contributed by atoms with E-state index in [0.717, 1.165) is 17.4 Å². The lowest BCUT2D eigenvalue weighted by Gasteiger charge is -2.11. The van der Waals surface area contributed by atoms with Crippen molar-refractivity contribution in [3.05, 3.63) is 45.7 Å². The minimum Gasteiger partial charge on any atom is -0.481 e. The zero-order valence-corrected chi connectivity index (χ0v) is 17.3. The number of nitrogens with one attached hydrogen (secondary N) is 2. The second-order valence-corrected chi connectivity index (χ2v) is 7.59. The number of carbonyl (C=O) groups excluding carboxylic acids is 2. The molecule has 0 aliphatic rings. The molecular weight excluding hydrogens is 447 g/mol. The van der Waals surface area contributed by atoms with Gasteiger partial charge in [-0.2, -0.15) is 0 Å². The molecule has 32 heavy (non-hydrogen) atoms. The molecule has 2 aromatic rings. The number of nitrogen functional groups attached to an aromatic ring is 1.